The fraction of sp³-hybridized carbons (Fsp3) is 0.389. The fourth-order valence-electron chi connectivity index (χ4n) is 2.10. The maximum absolute atomic E-state index is 12.1. The molecule has 0 unspecified atom stereocenters. The summed E-state index contributed by atoms with van der Waals surface area (Å²) in [6, 6.07) is 6.96. The third-order valence-corrected chi connectivity index (χ3v) is 4.93. The standard InChI is InChI=1S/C18H23N3O5S/c1-4-21(12-14(2)3)17(22)13-26-18(23)15-6-8-16(9-7-15)27(24,25)20-11-5-10-19/h6-9,20H,2,4-5,11-13H2,1,3H3. The van der Waals surface area contributed by atoms with E-state index in [1.165, 1.54) is 29.2 Å². The zero-order valence-corrected chi connectivity index (χ0v) is 16.2. The topological polar surface area (TPSA) is 117 Å². The Kier molecular flexibility index (Phi) is 8.65. The lowest BCUT2D eigenvalue weighted by Gasteiger charge is -2.20. The predicted octanol–water partition coefficient (Wildman–Crippen LogP) is 1.46. The molecule has 0 aromatic heterocycles. The zero-order chi connectivity index (χ0) is 20.4. The number of ether oxygens (including phenoxy) is 1. The Balaban J connectivity index is 2.68. The van der Waals surface area contributed by atoms with Gasteiger partial charge in [-0.05, 0) is 38.1 Å². The van der Waals surface area contributed by atoms with Crippen LogP contribution in [0.25, 0.3) is 0 Å². The Labute approximate surface area is 159 Å². The minimum absolute atomic E-state index is 0.00283. The van der Waals surface area contributed by atoms with Crippen LogP contribution in [0, 0.1) is 11.3 Å². The van der Waals surface area contributed by atoms with Gasteiger partial charge in [-0.1, -0.05) is 12.2 Å². The molecular weight excluding hydrogens is 370 g/mol. The summed E-state index contributed by atoms with van der Waals surface area (Å²) in [5.74, 6) is -1.06. The first-order valence-corrected chi connectivity index (χ1v) is 9.75. The molecule has 1 rings (SSSR count). The van der Waals surface area contributed by atoms with E-state index in [4.69, 9.17) is 10.00 Å². The number of likely N-dealkylation sites (N-methyl/N-ethyl adjacent to an activating group) is 1. The average molecular weight is 393 g/mol. The van der Waals surface area contributed by atoms with Crippen LogP contribution in [0.15, 0.2) is 41.3 Å². The second kappa shape index (κ2) is 10.4. The van der Waals surface area contributed by atoms with Crippen LogP contribution in [-0.2, 0) is 19.6 Å². The average Bonchev–Trinajstić information content (AvgIpc) is 2.64. The van der Waals surface area contributed by atoms with Crippen molar-refractivity contribution in [1.82, 2.24) is 9.62 Å². The van der Waals surface area contributed by atoms with Crippen LogP contribution in [0.4, 0.5) is 0 Å². The van der Waals surface area contributed by atoms with Crippen molar-refractivity contribution in [3.8, 4) is 6.07 Å². The van der Waals surface area contributed by atoms with Gasteiger partial charge in [0.25, 0.3) is 5.91 Å². The number of hydrogen-bond donors (Lipinski definition) is 1. The quantitative estimate of drug-likeness (QED) is 0.365. The molecule has 1 amide bonds. The molecule has 9 heteroatoms. The number of sulfonamides is 1. The molecule has 0 saturated carbocycles. The lowest BCUT2D eigenvalue weighted by Crippen LogP contribution is -2.35. The molecule has 1 aromatic carbocycles. The summed E-state index contributed by atoms with van der Waals surface area (Å²) in [5, 5.41) is 8.45. The molecule has 8 nitrogen and oxygen atoms in total. The normalized spacial score (nSPS) is 10.7. The van der Waals surface area contributed by atoms with E-state index >= 15 is 0 Å². The van der Waals surface area contributed by atoms with Crippen molar-refractivity contribution in [3.63, 3.8) is 0 Å². The summed E-state index contributed by atoms with van der Waals surface area (Å²) in [7, 11) is -3.75. The minimum Gasteiger partial charge on any atom is -0.452 e. The zero-order valence-electron chi connectivity index (χ0n) is 15.4. The van der Waals surface area contributed by atoms with Crippen molar-refractivity contribution >= 4 is 21.9 Å². The fourth-order valence-corrected chi connectivity index (χ4v) is 3.13. The molecule has 0 radical (unpaired) electrons. The summed E-state index contributed by atoms with van der Waals surface area (Å²) >= 11 is 0. The SMILES string of the molecule is C=C(C)CN(CC)C(=O)COC(=O)c1ccc(S(=O)(=O)NCCC#N)cc1. The molecule has 0 saturated heterocycles. The summed E-state index contributed by atoms with van der Waals surface area (Å²) in [6.07, 6.45) is 0.0534. The van der Waals surface area contributed by atoms with Crippen LogP contribution in [0.2, 0.25) is 0 Å². The van der Waals surface area contributed by atoms with Gasteiger partial charge in [0.2, 0.25) is 10.0 Å². The summed E-state index contributed by atoms with van der Waals surface area (Å²) in [5.41, 5.74) is 0.943. The highest BCUT2D eigenvalue weighted by Gasteiger charge is 2.17. The van der Waals surface area contributed by atoms with Crippen molar-refractivity contribution in [3.05, 3.63) is 42.0 Å². The molecule has 0 bridgehead atoms. The second-order valence-electron chi connectivity index (χ2n) is 5.77. The number of carbonyl (C=O) groups excluding carboxylic acids is 2. The van der Waals surface area contributed by atoms with Crippen LogP contribution < -0.4 is 4.72 Å². The highest BCUT2D eigenvalue weighted by molar-refractivity contribution is 7.89. The van der Waals surface area contributed by atoms with E-state index in [1.54, 1.807) is 6.92 Å². The van der Waals surface area contributed by atoms with Gasteiger partial charge in [-0.15, -0.1) is 0 Å². The van der Waals surface area contributed by atoms with E-state index in [2.05, 4.69) is 11.3 Å². The Bertz CT molecular complexity index is 826. The smallest absolute Gasteiger partial charge is 0.338 e. The molecule has 0 heterocycles. The van der Waals surface area contributed by atoms with Gasteiger partial charge in [-0.2, -0.15) is 5.26 Å². The number of rotatable bonds is 10. The number of nitrogens with zero attached hydrogens (tertiary/aromatic N) is 2. The number of esters is 1. The Morgan fingerprint density at radius 1 is 1.30 bits per heavy atom. The predicted molar refractivity (Wildman–Crippen MR) is 99.2 cm³/mol. The molecule has 0 fully saturated rings. The monoisotopic (exact) mass is 393 g/mol. The van der Waals surface area contributed by atoms with Gasteiger partial charge in [0.15, 0.2) is 6.61 Å². The van der Waals surface area contributed by atoms with Crippen LogP contribution in [0.3, 0.4) is 0 Å². The molecule has 27 heavy (non-hydrogen) atoms. The van der Waals surface area contributed by atoms with E-state index in [0.717, 1.165) is 5.57 Å². The molecule has 0 spiro atoms. The minimum atomic E-state index is -3.75. The Hall–Kier alpha value is -2.70. The maximum Gasteiger partial charge on any atom is 0.338 e. The van der Waals surface area contributed by atoms with E-state index in [1.807, 2.05) is 13.0 Å². The van der Waals surface area contributed by atoms with Gasteiger partial charge < -0.3 is 9.64 Å². The van der Waals surface area contributed by atoms with Gasteiger partial charge in [0, 0.05) is 26.1 Å². The molecule has 0 aliphatic heterocycles. The van der Waals surface area contributed by atoms with Crippen molar-refractivity contribution in [2.75, 3.05) is 26.2 Å². The maximum atomic E-state index is 12.1. The first-order valence-electron chi connectivity index (χ1n) is 8.27. The number of amides is 1. The largest absolute Gasteiger partial charge is 0.452 e. The van der Waals surface area contributed by atoms with Gasteiger partial charge in [0.1, 0.15) is 0 Å². The molecule has 1 N–H and O–H groups in total. The lowest BCUT2D eigenvalue weighted by molar-refractivity contribution is -0.133. The highest BCUT2D eigenvalue weighted by atomic mass is 32.2. The van der Waals surface area contributed by atoms with Gasteiger partial charge in [0.05, 0.1) is 16.5 Å². The van der Waals surface area contributed by atoms with E-state index < -0.39 is 22.6 Å². The van der Waals surface area contributed by atoms with Gasteiger partial charge >= 0.3 is 5.97 Å². The Morgan fingerprint density at radius 3 is 2.44 bits per heavy atom. The van der Waals surface area contributed by atoms with E-state index in [0.29, 0.717) is 13.1 Å². The number of benzene rings is 1. The molecule has 146 valence electrons. The molecule has 0 aliphatic rings. The number of carbonyl (C=O) groups is 2. The van der Waals surface area contributed by atoms with Gasteiger partial charge in [-0.3, -0.25) is 4.79 Å². The van der Waals surface area contributed by atoms with Crippen LogP contribution in [0.1, 0.15) is 30.6 Å². The third kappa shape index (κ3) is 7.21. The number of nitrogens with one attached hydrogen (secondary N) is 1. The van der Waals surface area contributed by atoms with Crippen molar-refractivity contribution in [2.24, 2.45) is 0 Å². The van der Waals surface area contributed by atoms with Crippen LogP contribution in [-0.4, -0.2) is 51.4 Å². The summed E-state index contributed by atoms with van der Waals surface area (Å²) in [4.78, 5) is 25.6. The first-order chi connectivity index (χ1) is 12.7. The highest BCUT2D eigenvalue weighted by Crippen LogP contribution is 2.11. The molecule has 0 atom stereocenters. The first kappa shape index (κ1) is 22.3. The summed E-state index contributed by atoms with van der Waals surface area (Å²) < 4.78 is 31.3. The van der Waals surface area contributed by atoms with Crippen LogP contribution in [0.5, 0.6) is 0 Å². The van der Waals surface area contributed by atoms with Crippen LogP contribution >= 0.6 is 0 Å². The van der Waals surface area contributed by atoms with E-state index in [-0.39, 0.29) is 29.3 Å². The second-order valence-corrected chi connectivity index (χ2v) is 7.54. The van der Waals surface area contributed by atoms with Gasteiger partial charge in [-0.25, -0.2) is 17.9 Å². The molecule has 0 aliphatic carbocycles. The van der Waals surface area contributed by atoms with Crippen molar-refractivity contribution in [2.45, 2.75) is 25.2 Å². The Morgan fingerprint density at radius 2 is 1.93 bits per heavy atom. The van der Waals surface area contributed by atoms with E-state index in [9.17, 15) is 18.0 Å². The third-order valence-electron chi connectivity index (χ3n) is 3.45. The molecule has 1 aromatic rings. The van der Waals surface area contributed by atoms with Crippen molar-refractivity contribution in [1.29, 1.82) is 5.26 Å². The molecular formula is C18H23N3O5S. The summed E-state index contributed by atoms with van der Waals surface area (Å²) in [6.45, 7) is 7.81. The number of nitriles is 1. The number of hydrogen-bond acceptors (Lipinski definition) is 6. The lowest BCUT2D eigenvalue weighted by atomic mass is 10.2. The van der Waals surface area contributed by atoms with Crippen molar-refractivity contribution < 1.29 is 22.7 Å².